The third-order valence-electron chi connectivity index (χ3n) is 5.25. The van der Waals surface area contributed by atoms with Crippen LogP contribution in [0.3, 0.4) is 0 Å². The van der Waals surface area contributed by atoms with Gasteiger partial charge in [0, 0.05) is 11.8 Å². The molecule has 4 rings (SSSR count). The molecule has 0 spiro atoms. The summed E-state index contributed by atoms with van der Waals surface area (Å²) in [4.78, 5) is 6.93. The highest BCUT2D eigenvalue weighted by Gasteiger charge is 2.30. The molecule has 0 bridgehead atoms. The summed E-state index contributed by atoms with van der Waals surface area (Å²) in [6.07, 6.45) is 2.29. The lowest BCUT2D eigenvalue weighted by molar-refractivity contribution is 0.0568. The van der Waals surface area contributed by atoms with E-state index >= 15 is 0 Å². The third kappa shape index (κ3) is 4.23. The van der Waals surface area contributed by atoms with Crippen molar-refractivity contribution in [1.82, 2.24) is 10.3 Å². The van der Waals surface area contributed by atoms with Gasteiger partial charge in [-0.05, 0) is 50.5 Å². The van der Waals surface area contributed by atoms with E-state index < -0.39 is 0 Å². The second-order valence-corrected chi connectivity index (χ2v) is 8.49. The van der Waals surface area contributed by atoms with Gasteiger partial charge in [-0.15, -0.1) is 11.3 Å². The Morgan fingerprint density at radius 2 is 2.14 bits per heavy atom. The number of hydrogen-bond acceptors (Lipinski definition) is 6. The number of anilines is 1. The van der Waals surface area contributed by atoms with Crippen LogP contribution in [0.15, 0.2) is 54.9 Å². The molecule has 0 aliphatic carbocycles. The lowest BCUT2D eigenvalue weighted by Crippen LogP contribution is -2.39. The standard InChI is InChI=1S/C23H27N3O2S/c1-15-7-5-6-8-20(15)26(23-12-9-16(2)28-23)17(3)24-14-22-25-19-13-18(27-4)10-11-21(19)29-22/h5-8,10-11,13,16,23-24H,3,9,12,14H2,1-2,4H3. The van der Waals surface area contributed by atoms with Crippen LogP contribution in [0.5, 0.6) is 5.75 Å². The molecule has 0 saturated carbocycles. The summed E-state index contributed by atoms with van der Waals surface area (Å²) in [6.45, 7) is 9.19. The van der Waals surface area contributed by atoms with Crippen LogP contribution in [0.4, 0.5) is 5.69 Å². The SMILES string of the molecule is C=C(NCc1nc2cc(OC)ccc2s1)N(c1ccccc1C)C1CCC(C)O1. The number of benzene rings is 2. The molecule has 0 radical (unpaired) electrons. The first kappa shape index (κ1) is 19.7. The lowest BCUT2D eigenvalue weighted by Gasteiger charge is -2.33. The fourth-order valence-corrected chi connectivity index (χ4v) is 4.59. The van der Waals surface area contributed by atoms with Crippen molar-refractivity contribution in [2.45, 2.75) is 45.6 Å². The van der Waals surface area contributed by atoms with Gasteiger partial charge in [0.15, 0.2) is 0 Å². The summed E-state index contributed by atoms with van der Waals surface area (Å²) >= 11 is 1.68. The molecule has 3 aromatic rings. The minimum Gasteiger partial charge on any atom is -0.497 e. The molecule has 29 heavy (non-hydrogen) atoms. The summed E-state index contributed by atoms with van der Waals surface area (Å²) < 4.78 is 12.6. The summed E-state index contributed by atoms with van der Waals surface area (Å²) in [5, 5.41) is 4.49. The first-order valence-corrected chi connectivity index (χ1v) is 10.7. The van der Waals surface area contributed by atoms with E-state index in [0.717, 1.165) is 45.3 Å². The predicted molar refractivity (Wildman–Crippen MR) is 119 cm³/mol. The van der Waals surface area contributed by atoms with E-state index in [0.29, 0.717) is 6.54 Å². The van der Waals surface area contributed by atoms with E-state index in [1.165, 1.54) is 5.56 Å². The molecular formula is C23H27N3O2S. The van der Waals surface area contributed by atoms with Gasteiger partial charge in [-0.1, -0.05) is 24.8 Å². The molecule has 1 aliphatic heterocycles. The molecule has 152 valence electrons. The second kappa shape index (κ2) is 8.43. The molecule has 1 aromatic heterocycles. The van der Waals surface area contributed by atoms with Gasteiger partial charge in [-0.3, -0.25) is 0 Å². The minimum atomic E-state index is -0.00858. The number of para-hydroxylation sites is 1. The lowest BCUT2D eigenvalue weighted by atomic mass is 10.1. The maximum Gasteiger partial charge on any atom is 0.136 e. The number of hydrogen-bond donors (Lipinski definition) is 1. The molecule has 5 nitrogen and oxygen atoms in total. The smallest absolute Gasteiger partial charge is 0.136 e. The average molecular weight is 410 g/mol. The van der Waals surface area contributed by atoms with Crippen molar-refractivity contribution >= 4 is 27.2 Å². The number of rotatable bonds is 7. The van der Waals surface area contributed by atoms with E-state index in [-0.39, 0.29) is 12.3 Å². The number of aromatic nitrogens is 1. The van der Waals surface area contributed by atoms with Gasteiger partial charge in [-0.25, -0.2) is 4.98 Å². The van der Waals surface area contributed by atoms with Crippen LogP contribution in [0.2, 0.25) is 0 Å². The number of nitrogens with one attached hydrogen (secondary N) is 1. The molecular weight excluding hydrogens is 382 g/mol. The van der Waals surface area contributed by atoms with E-state index in [4.69, 9.17) is 14.5 Å². The van der Waals surface area contributed by atoms with Gasteiger partial charge in [-0.2, -0.15) is 0 Å². The zero-order valence-corrected chi connectivity index (χ0v) is 18.0. The first-order chi connectivity index (χ1) is 14.0. The Morgan fingerprint density at radius 3 is 2.86 bits per heavy atom. The maximum absolute atomic E-state index is 6.18. The zero-order valence-electron chi connectivity index (χ0n) is 17.1. The number of fused-ring (bicyclic) bond motifs is 1. The van der Waals surface area contributed by atoms with Gasteiger partial charge in [0.25, 0.3) is 0 Å². The quantitative estimate of drug-likeness (QED) is 0.581. The van der Waals surface area contributed by atoms with Gasteiger partial charge in [0.2, 0.25) is 0 Å². The fourth-order valence-electron chi connectivity index (χ4n) is 3.70. The Balaban J connectivity index is 1.53. The van der Waals surface area contributed by atoms with Crippen LogP contribution >= 0.6 is 11.3 Å². The molecule has 6 heteroatoms. The predicted octanol–water partition coefficient (Wildman–Crippen LogP) is 5.21. The van der Waals surface area contributed by atoms with Crippen molar-refractivity contribution in [3.05, 3.63) is 65.4 Å². The van der Waals surface area contributed by atoms with Crippen LogP contribution < -0.4 is 15.0 Å². The molecule has 0 amide bonds. The van der Waals surface area contributed by atoms with Crippen molar-refractivity contribution in [2.24, 2.45) is 0 Å². The Kier molecular flexibility index (Phi) is 5.74. The number of methoxy groups -OCH3 is 1. The monoisotopic (exact) mass is 409 g/mol. The van der Waals surface area contributed by atoms with E-state index in [9.17, 15) is 0 Å². The van der Waals surface area contributed by atoms with Crippen LogP contribution in [-0.2, 0) is 11.3 Å². The molecule has 2 heterocycles. The Hall–Kier alpha value is -2.57. The fraction of sp³-hybridized carbons (Fsp3) is 0.348. The molecule has 2 aromatic carbocycles. The maximum atomic E-state index is 6.18. The van der Waals surface area contributed by atoms with Gasteiger partial charge in [0.1, 0.15) is 22.8 Å². The van der Waals surface area contributed by atoms with Crippen molar-refractivity contribution in [3.8, 4) is 5.75 Å². The van der Waals surface area contributed by atoms with E-state index in [1.807, 2.05) is 12.1 Å². The van der Waals surface area contributed by atoms with Crippen LogP contribution in [-0.4, -0.2) is 24.4 Å². The molecule has 1 N–H and O–H groups in total. The highest BCUT2D eigenvalue weighted by molar-refractivity contribution is 7.18. The number of nitrogens with zero attached hydrogens (tertiary/aromatic N) is 2. The van der Waals surface area contributed by atoms with Crippen LogP contribution in [0, 0.1) is 6.92 Å². The first-order valence-electron chi connectivity index (χ1n) is 9.91. The molecule has 2 atom stereocenters. The Labute approximate surface area is 176 Å². The number of ether oxygens (including phenoxy) is 2. The largest absolute Gasteiger partial charge is 0.497 e. The topological polar surface area (TPSA) is 46.6 Å². The average Bonchev–Trinajstić information content (AvgIpc) is 3.33. The van der Waals surface area contributed by atoms with Gasteiger partial charge in [0.05, 0.1) is 30.0 Å². The van der Waals surface area contributed by atoms with Gasteiger partial charge < -0.3 is 19.7 Å². The molecule has 1 aliphatic rings. The Bertz CT molecular complexity index is 1020. The third-order valence-corrected chi connectivity index (χ3v) is 6.28. The van der Waals surface area contributed by atoms with Crippen LogP contribution in [0.25, 0.3) is 10.2 Å². The van der Waals surface area contributed by atoms with E-state index in [2.05, 4.69) is 61.0 Å². The normalized spacial score (nSPS) is 18.7. The summed E-state index contributed by atoms with van der Waals surface area (Å²) in [7, 11) is 1.67. The van der Waals surface area contributed by atoms with Crippen molar-refractivity contribution in [3.63, 3.8) is 0 Å². The van der Waals surface area contributed by atoms with Crippen LogP contribution in [0.1, 0.15) is 30.3 Å². The number of thiazole rings is 1. The highest BCUT2D eigenvalue weighted by Crippen LogP contribution is 2.32. The van der Waals surface area contributed by atoms with Crippen molar-refractivity contribution < 1.29 is 9.47 Å². The summed E-state index contributed by atoms with van der Waals surface area (Å²) in [5.41, 5.74) is 3.28. The van der Waals surface area contributed by atoms with Crippen molar-refractivity contribution in [2.75, 3.05) is 12.0 Å². The molecule has 2 unspecified atom stereocenters. The zero-order chi connectivity index (χ0) is 20.4. The molecule has 1 fully saturated rings. The second-order valence-electron chi connectivity index (χ2n) is 7.38. The molecule has 1 saturated heterocycles. The summed E-state index contributed by atoms with van der Waals surface area (Å²) in [5.74, 6) is 1.65. The highest BCUT2D eigenvalue weighted by atomic mass is 32.1. The number of aryl methyl sites for hydroxylation is 1. The van der Waals surface area contributed by atoms with Gasteiger partial charge >= 0.3 is 0 Å². The van der Waals surface area contributed by atoms with E-state index in [1.54, 1.807) is 18.4 Å². The Morgan fingerprint density at radius 1 is 1.31 bits per heavy atom. The summed E-state index contributed by atoms with van der Waals surface area (Å²) in [6, 6.07) is 14.3. The van der Waals surface area contributed by atoms with Crippen molar-refractivity contribution in [1.29, 1.82) is 0 Å². The minimum absolute atomic E-state index is 0.00858.